The third-order valence-electron chi connectivity index (χ3n) is 2.44. The molecule has 0 aliphatic carbocycles. The molecule has 0 bridgehead atoms. The van der Waals surface area contributed by atoms with Gasteiger partial charge in [0.05, 0.1) is 0 Å². The van der Waals surface area contributed by atoms with E-state index in [1.807, 2.05) is 0 Å². The first-order chi connectivity index (χ1) is 6.38. The third kappa shape index (κ3) is 4.47. The monoisotopic (exact) mass is 301 g/mol. The van der Waals surface area contributed by atoms with E-state index in [9.17, 15) is 0 Å². The maximum absolute atomic E-state index is 2.37. The minimum atomic E-state index is -1.16. The Labute approximate surface area is 94.6 Å². The molecule has 0 saturated heterocycles. The molecule has 1 nitrogen and oxygen atoms in total. The third-order valence-corrected chi connectivity index (χ3v) is 10.9. The molecule has 0 aliphatic heterocycles. The van der Waals surface area contributed by atoms with Gasteiger partial charge < -0.3 is 5.48 Å². The van der Waals surface area contributed by atoms with Crippen LogP contribution in [-0.4, -0.2) is 25.2 Å². The van der Waals surface area contributed by atoms with Gasteiger partial charge in [-0.05, 0) is 0 Å². The van der Waals surface area contributed by atoms with Crippen LogP contribution in [0.1, 0.15) is 26.7 Å². The predicted octanol–water partition coefficient (Wildman–Crippen LogP) is 2.38. The Morgan fingerprint density at radius 2 is 1.71 bits per heavy atom. The average Bonchev–Trinajstić information content (AvgIpc) is 2.21. The van der Waals surface area contributed by atoms with Crippen LogP contribution < -0.4 is 3.58 Å². The van der Waals surface area contributed by atoms with E-state index < -0.39 is 19.8 Å². The van der Waals surface area contributed by atoms with Gasteiger partial charge in [-0.25, -0.2) is 0 Å². The summed E-state index contributed by atoms with van der Waals surface area (Å²) in [6, 6.07) is 11.2. The van der Waals surface area contributed by atoms with E-state index in [-0.39, 0.29) is 5.48 Å². The molecule has 0 saturated carbocycles. The SMILES string of the molecule is CCC[CH2][Sn]([CH2]C)[c]1ccccc1.O. The molecular weight excluding hydrogens is 279 g/mol. The summed E-state index contributed by atoms with van der Waals surface area (Å²) in [4.78, 5) is 0. The maximum Gasteiger partial charge on any atom is -0.412 e. The molecule has 79 valence electrons. The van der Waals surface area contributed by atoms with Crippen LogP contribution in [0.4, 0.5) is 0 Å². The zero-order valence-electron chi connectivity index (χ0n) is 9.22. The van der Waals surface area contributed by atoms with Gasteiger partial charge in [0, 0.05) is 0 Å². The Morgan fingerprint density at radius 3 is 2.21 bits per heavy atom. The zero-order chi connectivity index (χ0) is 9.52. The van der Waals surface area contributed by atoms with E-state index in [2.05, 4.69) is 44.2 Å². The molecule has 14 heavy (non-hydrogen) atoms. The fourth-order valence-electron chi connectivity index (χ4n) is 1.59. The minimum Gasteiger partial charge on any atom is -0.412 e. The minimum absolute atomic E-state index is 0. The van der Waals surface area contributed by atoms with Crippen molar-refractivity contribution < 1.29 is 5.48 Å². The predicted molar refractivity (Wildman–Crippen MR) is 65.6 cm³/mol. The first-order valence-corrected chi connectivity index (χ1v) is 10.7. The van der Waals surface area contributed by atoms with Gasteiger partial charge in [0.25, 0.3) is 0 Å². The van der Waals surface area contributed by atoms with Gasteiger partial charge >= 0.3 is 89.2 Å². The fraction of sp³-hybridized carbons (Fsp3) is 0.500. The number of rotatable bonds is 5. The molecule has 0 atom stereocenters. The number of benzene rings is 1. The van der Waals surface area contributed by atoms with E-state index in [0.717, 1.165) is 0 Å². The van der Waals surface area contributed by atoms with Crippen molar-refractivity contribution >= 4 is 23.3 Å². The molecule has 0 spiro atoms. The first-order valence-electron chi connectivity index (χ1n) is 5.28. The topological polar surface area (TPSA) is 31.5 Å². The average molecular weight is 300 g/mol. The van der Waals surface area contributed by atoms with Gasteiger partial charge in [-0.15, -0.1) is 0 Å². The second-order valence-electron chi connectivity index (χ2n) is 3.43. The van der Waals surface area contributed by atoms with E-state index >= 15 is 0 Å². The van der Waals surface area contributed by atoms with Crippen molar-refractivity contribution in [1.29, 1.82) is 0 Å². The van der Waals surface area contributed by atoms with Crippen molar-refractivity contribution in [3.05, 3.63) is 30.3 Å². The quantitative estimate of drug-likeness (QED) is 0.748. The molecule has 0 amide bonds. The molecule has 0 aliphatic rings. The normalized spacial score (nSPS) is 9.93. The van der Waals surface area contributed by atoms with Gasteiger partial charge in [0.15, 0.2) is 0 Å². The van der Waals surface area contributed by atoms with Crippen LogP contribution in [0, 0.1) is 0 Å². The van der Waals surface area contributed by atoms with Gasteiger partial charge in [-0.1, -0.05) is 0 Å². The van der Waals surface area contributed by atoms with Crippen LogP contribution in [-0.2, 0) is 0 Å². The molecule has 0 unspecified atom stereocenters. The maximum atomic E-state index is 2.37. The van der Waals surface area contributed by atoms with E-state index in [0.29, 0.717) is 0 Å². The largest absolute Gasteiger partial charge is 0.412 e. The number of hydrogen-bond acceptors (Lipinski definition) is 0. The summed E-state index contributed by atoms with van der Waals surface area (Å²) in [5, 5.41) is 0. The van der Waals surface area contributed by atoms with Crippen molar-refractivity contribution in [3.8, 4) is 0 Å². The molecule has 0 fully saturated rings. The Hall–Kier alpha value is -0.0213. The second kappa shape index (κ2) is 8.30. The van der Waals surface area contributed by atoms with Crippen molar-refractivity contribution in [1.82, 2.24) is 0 Å². The molecular formula is C12H21OSn. The molecule has 0 aromatic heterocycles. The molecule has 1 rings (SSSR count). The van der Waals surface area contributed by atoms with Crippen molar-refractivity contribution in [3.63, 3.8) is 0 Å². The van der Waals surface area contributed by atoms with Crippen molar-refractivity contribution in [2.24, 2.45) is 0 Å². The molecule has 1 aromatic rings. The zero-order valence-corrected chi connectivity index (χ0v) is 12.1. The van der Waals surface area contributed by atoms with Gasteiger partial charge in [-0.3, -0.25) is 0 Å². The second-order valence-corrected chi connectivity index (χ2v) is 12.0. The van der Waals surface area contributed by atoms with Gasteiger partial charge in [-0.2, -0.15) is 0 Å². The van der Waals surface area contributed by atoms with Crippen molar-refractivity contribution in [2.45, 2.75) is 35.6 Å². The van der Waals surface area contributed by atoms with E-state index in [1.165, 1.54) is 17.3 Å². The Bertz CT molecular complexity index is 223. The van der Waals surface area contributed by atoms with Crippen LogP contribution in [0.3, 0.4) is 0 Å². The summed E-state index contributed by atoms with van der Waals surface area (Å²) in [5.41, 5.74) is 0. The summed E-state index contributed by atoms with van der Waals surface area (Å²) in [6.45, 7) is 4.67. The summed E-state index contributed by atoms with van der Waals surface area (Å²) < 4.78 is 4.71. The van der Waals surface area contributed by atoms with E-state index in [4.69, 9.17) is 0 Å². The fourth-order valence-corrected chi connectivity index (χ4v) is 8.71. The van der Waals surface area contributed by atoms with Crippen LogP contribution in [0.25, 0.3) is 0 Å². The summed E-state index contributed by atoms with van der Waals surface area (Å²) in [7, 11) is 0. The van der Waals surface area contributed by atoms with Gasteiger partial charge in [0.2, 0.25) is 0 Å². The summed E-state index contributed by atoms with van der Waals surface area (Å²) in [5.74, 6) is 0. The number of hydrogen-bond donors (Lipinski definition) is 0. The summed E-state index contributed by atoms with van der Waals surface area (Å²) >= 11 is -1.16. The molecule has 2 N–H and O–H groups in total. The molecule has 1 aromatic carbocycles. The van der Waals surface area contributed by atoms with E-state index in [1.54, 1.807) is 8.02 Å². The summed E-state index contributed by atoms with van der Waals surface area (Å²) in [6.07, 6.45) is 2.80. The van der Waals surface area contributed by atoms with Crippen LogP contribution in [0.15, 0.2) is 30.3 Å². The molecule has 1 radical (unpaired) electrons. The Kier molecular flexibility index (Phi) is 8.29. The van der Waals surface area contributed by atoms with Crippen LogP contribution in [0.5, 0.6) is 0 Å². The molecule has 0 heterocycles. The first kappa shape index (κ1) is 14.0. The van der Waals surface area contributed by atoms with Crippen molar-refractivity contribution in [2.75, 3.05) is 0 Å². The Morgan fingerprint density at radius 1 is 1.07 bits per heavy atom. The Balaban J connectivity index is 0.00000169. The number of unbranched alkanes of at least 4 members (excludes halogenated alkanes) is 1. The van der Waals surface area contributed by atoms with Crippen LogP contribution >= 0.6 is 0 Å². The van der Waals surface area contributed by atoms with Crippen LogP contribution in [0.2, 0.25) is 8.87 Å². The smallest absolute Gasteiger partial charge is 0.412 e. The molecule has 2 heteroatoms. The van der Waals surface area contributed by atoms with Gasteiger partial charge in [0.1, 0.15) is 0 Å². The standard InChI is InChI=1S/C6H5.C4H9.C2H5.H2O.Sn/c1-2-4-6-5-3-1;1-3-4-2;1-2;;/h1-5H;1,3-4H2,2H3;1H2,2H3;1H2;.